The lowest BCUT2D eigenvalue weighted by Gasteiger charge is -2.37. The van der Waals surface area contributed by atoms with Gasteiger partial charge in [-0.05, 0) is 60.9 Å². The molecule has 4 rings (SSSR count). The molecule has 1 amide bonds. The second-order valence-corrected chi connectivity index (χ2v) is 8.73. The first kappa shape index (κ1) is 23.5. The van der Waals surface area contributed by atoms with E-state index >= 15 is 0 Å². The summed E-state index contributed by atoms with van der Waals surface area (Å²) in [5, 5.41) is 3.04. The minimum absolute atomic E-state index is 0.200. The Hall–Kier alpha value is -3.64. The number of ether oxygens (including phenoxy) is 1. The number of carbonyl (C=O) groups is 2. The lowest BCUT2D eigenvalue weighted by Crippen LogP contribution is -2.46. The summed E-state index contributed by atoms with van der Waals surface area (Å²) in [5.74, 6) is -0.630. The van der Waals surface area contributed by atoms with Crippen LogP contribution in [0.2, 0.25) is 0 Å². The van der Waals surface area contributed by atoms with Gasteiger partial charge in [-0.15, -0.1) is 0 Å². The van der Waals surface area contributed by atoms with Crippen molar-refractivity contribution in [1.29, 1.82) is 0 Å². The lowest BCUT2D eigenvalue weighted by molar-refractivity contribution is 0.0600. The zero-order valence-electron chi connectivity index (χ0n) is 20.0. The third-order valence-corrected chi connectivity index (χ3v) is 6.40. The number of aryl methyl sites for hydroxylation is 2. The predicted octanol–water partition coefficient (Wildman–Crippen LogP) is 4.66. The summed E-state index contributed by atoms with van der Waals surface area (Å²) in [6.07, 6.45) is 0. The molecule has 0 aliphatic carbocycles. The lowest BCUT2D eigenvalue weighted by atomic mass is 10.1. The van der Waals surface area contributed by atoms with Crippen molar-refractivity contribution in [3.63, 3.8) is 0 Å². The summed E-state index contributed by atoms with van der Waals surface area (Å²) in [6, 6.07) is 21.5. The van der Waals surface area contributed by atoms with Crippen LogP contribution in [-0.2, 0) is 11.3 Å². The van der Waals surface area contributed by atoms with Crippen molar-refractivity contribution >= 4 is 23.3 Å². The fourth-order valence-electron chi connectivity index (χ4n) is 4.22. The van der Waals surface area contributed by atoms with Crippen molar-refractivity contribution in [3.8, 4) is 0 Å². The molecule has 34 heavy (non-hydrogen) atoms. The summed E-state index contributed by atoms with van der Waals surface area (Å²) in [4.78, 5) is 29.9. The van der Waals surface area contributed by atoms with Gasteiger partial charge in [-0.25, -0.2) is 4.79 Å². The summed E-state index contributed by atoms with van der Waals surface area (Å²) < 4.78 is 4.89. The molecule has 6 heteroatoms. The number of esters is 1. The zero-order chi connectivity index (χ0) is 24.1. The van der Waals surface area contributed by atoms with Crippen molar-refractivity contribution in [2.45, 2.75) is 20.4 Å². The van der Waals surface area contributed by atoms with E-state index in [4.69, 9.17) is 4.74 Å². The van der Waals surface area contributed by atoms with Crippen LogP contribution in [0.5, 0.6) is 0 Å². The molecule has 1 N–H and O–H groups in total. The predicted molar refractivity (Wildman–Crippen MR) is 136 cm³/mol. The van der Waals surface area contributed by atoms with Crippen LogP contribution in [-0.4, -0.2) is 50.1 Å². The molecule has 3 aromatic carbocycles. The minimum atomic E-state index is -0.430. The highest BCUT2D eigenvalue weighted by atomic mass is 16.5. The monoisotopic (exact) mass is 457 g/mol. The van der Waals surface area contributed by atoms with Crippen molar-refractivity contribution < 1.29 is 14.3 Å². The van der Waals surface area contributed by atoms with Crippen molar-refractivity contribution in [2.24, 2.45) is 0 Å². The van der Waals surface area contributed by atoms with Gasteiger partial charge in [0.05, 0.1) is 24.0 Å². The quantitative estimate of drug-likeness (QED) is 0.546. The number of amides is 1. The van der Waals surface area contributed by atoms with Gasteiger partial charge in [0, 0.05) is 38.3 Å². The van der Waals surface area contributed by atoms with Crippen LogP contribution in [0.1, 0.15) is 37.4 Å². The Kier molecular flexibility index (Phi) is 7.28. The number of nitrogens with one attached hydrogen (secondary N) is 1. The van der Waals surface area contributed by atoms with Crippen LogP contribution in [0, 0.1) is 13.8 Å². The molecule has 1 aliphatic rings. The number of hydrogen-bond acceptors (Lipinski definition) is 5. The topological polar surface area (TPSA) is 61.9 Å². The smallest absolute Gasteiger partial charge is 0.337 e. The van der Waals surface area contributed by atoms with Crippen LogP contribution in [0.25, 0.3) is 0 Å². The van der Waals surface area contributed by atoms with Gasteiger partial charge in [-0.3, -0.25) is 9.69 Å². The van der Waals surface area contributed by atoms with E-state index in [9.17, 15) is 9.59 Å². The molecule has 3 aromatic rings. The first-order valence-corrected chi connectivity index (χ1v) is 11.6. The number of hydrogen-bond donors (Lipinski definition) is 1. The zero-order valence-corrected chi connectivity index (χ0v) is 20.0. The summed E-state index contributed by atoms with van der Waals surface area (Å²) >= 11 is 0. The summed E-state index contributed by atoms with van der Waals surface area (Å²) in [7, 11) is 1.36. The van der Waals surface area contributed by atoms with E-state index in [1.165, 1.54) is 12.7 Å². The summed E-state index contributed by atoms with van der Waals surface area (Å²) in [6.45, 7) is 8.42. The van der Waals surface area contributed by atoms with Crippen LogP contribution in [0.4, 0.5) is 11.4 Å². The maximum Gasteiger partial charge on any atom is 0.337 e. The SMILES string of the molecule is COC(=O)c1ccc(N2CCN(Cc3ccccc3)CC2)c(NC(=O)c2ccc(C)c(C)c2)c1. The number of rotatable bonds is 6. The number of benzene rings is 3. The normalized spacial score (nSPS) is 14.0. The van der Waals surface area contributed by atoms with Gasteiger partial charge in [0.25, 0.3) is 5.91 Å². The second-order valence-electron chi connectivity index (χ2n) is 8.73. The average Bonchev–Trinajstić information content (AvgIpc) is 2.86. The number of carbonyl (C=O) groups excluding carboxylic acids is 2. The van der Waals surface area contributed by atoms with Gasteiger partial charge >= 0.3 is 5.97 Å². The van der Waals surface area contributed by atoms with Gasteiger partial charge in [0.15, 0.2) is 0 Å². The van der Waals surface area contributed by atoms with Crippen LogP contribution in [0.15, 0.2) is 66.7 Å². The van der Waals surface area contributed by atoms with E-state index in [1.54, 1.807) is 12.1 Å². The van der Waals surface area contributed by atoms with E-state index < -0.39 is 5.97 Å². The van der Waals surface area contributed by atoms with Gasteiger partial charge in [-0.2, -0.15) is 0 Å². The Morgan fingerprint density at radius 1 is 0.853 bits per heavy atom. The first-order chi connectivity index (χ1) is 16.4. The van der Waals surface area contributed by atoms with Gasteiger partial charge in [0.1, 0.15) is 0 Å². The molecular weight excluding hydrogens is 426 g/mol. The molecule has 0 bridgehead atoms. The standard InChI is InChI=1S/C28H31N3O3/c1-20-9-10-23(17-21(20)2)27(32)29-25-18-24(28(33)34-3)11-12-26(25)31-15-13-30(14-16-31)19-22-7-5-4-6-8-22/h4-12,17-18H,13-16,19H2,1-3H3,(H,29,32). The molecule has 1 saturated heterocycles. The fourth-order valence-corrected chi connectivity index (χ4v) is 4.22. The van der Waals surface area contributed by atoms with Crippen LogP contribution < -0.4 is 10.2 Å². The average molecular weight is 458 g/mol. The Morgan fingerprint density at radius 3 is 2.24 bits per heavy atom. The highest BCUT2D eigenvalue weighted by molar-refractivity contribution is 6.07. The molecule has 0 spiro atoms. The minimum Gasteiger partial charge on any atom is -0.465 e. The Morgan fingerprint density at radius 2 is 1.56 bits per heavy atom. The molecule has 6 nitrogen and oxygen atoms in total. The molecule has 1 heterocycles. The van der Waals surface area contributed by atoms with E-state index in [0.717, 1.165) is 49.5 Å². The largest absolute Gasteiger partial charge is 0.465 e. The number of methoxy groups -OCH3 is 1. The molecular formula is C28H31N3O3. The molecule has 176 valence electrons. The molecule has 0 saturated carbocycles. The highest BCUT2D eigenvalue weighted by Gasteiger charge is 2.22. The van der Waals surface area contributed by atoms with Crippen LogP contribution >= 0.6 is 0 Å². The number of nitrogens with zero attached hydrogens (tertiary/aromatic N) is 2. The van der Waals surface area contributed by atoms with Crippen molar-refractivity contribution in [1.82, 2.24) is 4.90 Å². The maximum absolute atomic E-state index is 13.1. The molecule has 1 fully saturated rings. The molecule has 1 aliphatic heterocycles. The Labute approximate surface area is 201 Å². The van der Waals surface area contributed by atoms with Crippen molar-refractivity contribution in [3.05, 3.63) is 94.5 Å². The third-order valence-electron chi connectivity index (χ3n) is 6.40. The van der Waals surface area contributed by atoms with E-state index in [-0.39, 0.29) is 5.91 Å². The maximum atomic E-state index is 13.1. The van der Waals surface area contributed by atoms with E-state index in [1.807, 2.05) is 44.2 Å². The van der Waals surface area contributed by atoms with Crippen molar-refractivity contribution in [2.75, 3.05) is 43.5 Å². The summed E-state index contributed by atoms with van der Waals surface area (Å²) in [5.41, 5.74) is 6.02. The Balaban J connectivity index is 1.53. The molecule has 0 unspecified atom stereocenters. The van der Waals surface area contributed by atoms with E-state index in [2.05, 4.69) is 39.4 Å². The van der Waals surface area contributed by atoms with Gasteiger partial charge < -0.3 is 15.0 Å². The second kappa shape index (κ2) is 10.5. The van der Waals surface area contributed by atoms with Gasteiger partial charge in [-0.1, -0.05) is 36.4 Å². The fraction of sp³-hybridized carbons (Fsp3) is 0.286. The molecule has 0 aromatic heterocycles. The first-order valence-electron chi connectivity index (χ1n) is 11.6. The van der Waals surface area contributed by atoms with Gasteiger partial charge in [0.2, 0.25) is 0 Å². The molecule has 0 atom stereocenters. The van der Waals surface area contributed by atoms with E-state index in [0.29, 0.717) is 16.8 Å². The van der Waals surface area contributed by atoms with Crippen LogP contribution in [0.3, 0.4) is 0 Å². The third kappa shape index (κ3) is 5.46. The molecule has 0 radical (unpaired) electrons. The number of piperazine rings is 1. The highest BCUT2D eigenvalue weighted by Crippen LogP contribution is 2.29. The number of anilines is 2. The Bertz CT molecular complexity index is 1170.